The number of likely N-dealkylation sites (tertiary alicyclic amines) is 1. The summed E-state index contributed by atoms with van der Waals surface area (Å²) in [5.74, 6) is -2.36. The van der Waals surface area contributed by atoms with E-state index >= 15 is 0 Å². The second-order valence-electron chi connectivity index (χ2n) is 8.65. The van der Waals surface area contributed by atoms with Gasteiger partial charge in [0.05, 0.1) is 5.56 Å². The van der Waals surface area contributed by atoms with Crippen molar-refractivity contribution in [3.63, 3.8) is 0 Å². The first kappa shape index (κ1) is 23.8. The molecule has 1 aliphatic rings. The van der Waals surface area contributed by atoms with E-state index in [9.17, 15) is 22.5 Å². The summed E-state index contributed by atoms with van der Waals surface area (Å²) in [6.07, 6.45) is 2.67. The molecule has 0 bridgehead atoms. The number of benzene rings is 2. The molecule has 1 aliphatic heterocycles. The molecule has 0 spiro atoms. The number of nitrogens with zero attached hydrogens (tertiary/aromatic N) is 5. The van der Waals surface area contributed by atoms with Crippen molar-refractivity contribution in [1.29, 1.82) is 5.26 Å². The number of nitrogens with one attached hydrogen (secondary N) is 1. The molecule has 11 heteroatoms. The summed E-state index contributed by atoms with van der Waals surface area (Å²) >= 11 is 0. The van der Waals surface area contributed by atoms with Crippen LogP contribution in [0.15, 0.2) is 71.9 Å². The molecule has 1 saturated heterocycles. The molecule has 2 aromatic heterocycles. The van der Waals surface area contributed by atoms with Crippen LogP contribution in [-0.2, 0) is 16.6 Å². The average molecular weight is 509 g/mol. The molecule has 0 radical (unpaired) electrons. The van der Waals surface area contributed by atoms with Crippen molar-refractivity contribution in [2.75, 3.05) is 18.4 Å². The largest absolute Gasteiger partial charge is 0.324 e. The molecule has 4 aromatic rings. The Morgan fingerprint density at radius 1 is 1.06 bits per heavy atom. The zero-order valence-electron chi connectivity index (χ0n) is 19.1. The number of hydrogen-bond donors (Lipinski definition) is 1. The van der Waals surface area contributed by atoms with Gasteiger partial charge in [-0.05, 0) is 35.9 Å². The normalized spacial score (nSPS) is 16.0. The van der Waals surface area contributed by atoms with Gasteiger partial charge in [0.15, 0.2) is 5.65 Å². The van der Waals surface area contributed by atoms with Crippen LogP contribution in [0.1, 0.15) is 24.0 Å². The zero-order chi connectivity index (χ0) is 25.3. The van der Waals surface area contributed by atoms with Crippen molar-refractivity contribution in [2.24, 2.45) is 0 Å². The Kier molecular flexibility index (Phi) is 6.15. The lowest BCUT2D eigenvalue weighted by Gasteiger charge is -2.31. The van der Waals surface area contributed by atoms with Crippen LogP contribution in [0.4, 0.5) is 20.4 Å². The number of aromatic nitrogens is 3. The molecule has 1 fully saturated rings. The summed E-state index contributed by atoms with van der Waals surface area (Å²) in [6, 6.07) is 17.0. The molecule has 0 unspecified atom stereocenters. The molecular weight excluding hydrogens is 486 g/mol. The fourth-order valence-electron chi connectivity index (χ4n) is 4.16. The molecular formula is C25H22F2N6O2S. The van der Waals surface area contributed by atoms with Gasteiger partial charge in [0.2, 0.25) is 5.95 Å². The third-order valence-electron chi connectivity index (χ3n) is 6.14. The number of alkyl halides is 2. The first-order chi connectivity index (χ1) is 17.2. The van der Waals surface area contributed by atoms with E-state index in [0.717, 1.165) is 9.54 Å². The van der Waals surface area contributed by atoms with Crippen molar-refractivity contribution >= 4 is 32.7 Å². The minimum absolute atomic E-state index is 0.0464. The second kappa shape index (κ2) is 9.29. The molecule has 0 saturated carbocycles. The second-order valence-corrected chi connectivity index (χ2v) is 10.4. The van der Waals surface area contributed by atoms with Crippen LogP contribution in [0.3, 0.4) is 0 Å². The highest BCUT2D eigenvalue weighted by Gasteiger charge is 2.33. The Bertz CT molecular complexity index is 1550. The van der Waals surface area contributed by atoms with Crippen LogP contribution in [0.2, 0.25) is 0 Å². The van der Waals surface area contributed by atoms with E-state index in [1.165, 1.54) is 24.5 Å². The van der Waals surface area contributed by atoms with E-state index in [0.29, 0.717) is 30.7 Å². The quantitative estimate of drug-likeness (QED) is 0.409. The molecule has 8 nitrogen and oxygen atoms in total. The fraction of sp³-hybridized carbons (Fsp3) is 0.240. The molecule has 2 aromatic carbocycles. The van der Waals surface area contributed by atoms with E-state index in [4.69, 9.17) is 0 Å². The van der Waals surface area contributed by atoms with Crippen LogP contribution in [0.5, 0.6) is 0 Å². The van der Waals surface area contributed by atoms with Gasteiger partial charge in [-0.3, -0.25) is 4.90 Å². The maximum atomic E-state index is 13.4. The van der Waals surface area contributed by atoms with Crippen LogP contribution >= 0.6 is 0 Å². The van der Waals surface area contributed by atoms with Gasteiger partial charge in [0, 0.05) is 55.9 Å². The molecule has 0 atom stereocenters. The highest BCUT2D eigenvalue weighted by molar-refractivity contribution is 7.90. The summed E-state index contributed by atoms with van der Waals surface area (Å²) in [6.45, 7) is 1.32. The third kappa shape index (κ3) is 4.78. The SMILES string of the molecule is N#Cc1ccccc1S(=O)(=O)n1ccc2cnc(Nc3ccc(CN4CCC(F)(F)CC4)cc3)nc21. The Balaban J connectivity index is 1.35. The smallest absolute Gasteiger partial charge is 0.270 e. The minimum Gasteiger partial charge on any atom is -0.324 e. The lowest BCUT2D eigenvalue weighted by atomic mass is 10.1. The summed E-state index contributed by atoms with van der Waals surface area (Å²) in [4.78, 5) is 10.6. The Morgan fingerprint density at radius 3 is 2.50 bits per heavy atom. The van der Waals surface area contributed by atoms with E-state index in [1.54, 1.807) is 18.2 Å². The van der Waals surface area contributed by atoms with Gasteiger partial charge in [-0.2, -0.15) is 10.2 Å². The van der Waals surface area contributed by atoms with Crippen molar-refractivity contribution in [3.05, 3.63) is 78.1 Å². The molecule has 184 valence electrons. The first-order valence-corrected chi connectivity index (χ1v) is 12.7. The van der Waals surface area contributed by atoms with E-state index in [1.807, 2.05) is 35.2 Å². The van der Waals surface area contributed by atoms with Gasteiger partial charge < -0.3 is 5.32 Å². The van der Waals surface area contributed by atoms with Crippen molar-refractivity contribution in [2.45, 2.75) is 30.2 Å². The average Bonchev–Trinajstić information content (AvgIpc) is 3.31. The van der Waals surface area contributed by atoms with Crippen LogP contribution in [0.25, 0.3) is 11.0 Å². The van der Waals surface area contributed by atoms with Gasteiger partial charge in [-0.25, -0.2) is 26.2 Å². The maximum Gasteiger partial charge on any atom is 0.270 e. The van der Waals surface area contributed by atoms with E-state index in [2.05, 4.69) is 15.3 Å². The maximum absolute atomic E-state index is 13.4. The van der Waals surface area contributed by atoms with Gasteiger partial charge in [-0.15, -0.1) is 0 Å². The number of anilines is 2. The highest BCUT2D eigenvalue weighted by Crippen LogP contribution is 2.29. The minimum atomic E-state index is -4.06. The lowest BCUT2D eigenvalue weighted by Crippen LogP contribution is -2.38. The van der Waals surface area contributed by atoms with Gasteiger partial charge in [0.1, 0.15) is 11.0 Å². The summed E-state index contributed by atoms with van der Waals surface area (Å²) < 4.78 is 54.3. The number of rotatable bonds is 6. The number of nitriles is 1. The number of piperidine rings is 1. The molecule has 36 heavy (non-hydrogen) atoms. The van der Waals surface area contributed by atoms with Crippen LogP contribution < -0.4 is 5.32 Å². The molecule has 5 rings (SSSR count). The molecule has 0 amide bonds. The number of hydrogen-bond acceptors (Lipinski definition) is 7. The standard InChI is InChI=1S/C25H22F2N6O2S/c26-25(27)10-13-32(14-11-25)17-18-5-7-21(8-6-18)30-24-29-16-20-9-12-33(23(20)31-24)36(34,35)22-4-2-1-3-19(22)15-28/h1-9,12,16H,10-11,13-14,17H2,(H,29,30,31). The predicted molar refractivity (Wildman–Crippen MR) is 130 cm³/mol. The van der Waals surface area contributed by atoms with Gasteiger partial charge in [0.25, 0.3) is 15.9 Å². The fourth-order valence-corrected chi connectivity index (χ4v) is 5.61. The summed E-state index contributed by atoms with van der Waals surface area (Å²) in [5.41, 5.74) is 1.92. The Hall–Kier alpha value is -3.88. The predicted octanol–water partition coefficient (Wildman–Crippen LogP) is 4.51. The monoisotopic (exact) mass is 508 g/mol. The molecule has 0 aliphatic carbocycles. The topological polar surface area (TPSA) is 104 Å². The first-order valence-electron chi connectivity index (χ1n) is 11.3. The van der Waals surface area contributed by atoms with Crippen molar-refractivity contribution in [3.8, 4) is 6.07 Å². The van der Waals surface area contributed by atoms with Crippen LogP contribution in [-0.4, -0.2) is 46.3 Å². The van der Waals surface area contributed by atoms with E-state index in [-0.39, 0.29) is 34.9 Å². The summed E-state index contributed by atoms with van der Waals surface area (Å²) in [5, 5.41) is 12.9. The molecule has 3 heterocycles. The Labute approximate surface area is 206 Å². The van der Waals surface area contributed by atoms with E-state index < -0.39 is 15.9 Å². The number of halogens is 2. The third-order valence-corrected chi connectivity index (χ3v) is 7.87. The van der Waals surface area contributed by atoms with Crippen molar-refractivity contribution in [1.82, 2.24) is 18.8 Å². The Morgan fingerprint density at radius 2 is 1.78 bits per heavy atom. The number of fused-ring (bicyclic) bond motifs is 1. The summed E-state index contributed by atoms with van der Waals surface area (Å²) in [7, 11) is -4.06. The van der Waals surface area contributed by atoms with Gasteiger partial charge in [-0.1, -0.05) is 24.3 Å². The molecule has 1 N–H and O–H groups in total. The van der Waals surface area contributed by atoms with Gasteiger partial charge >= 0.3 is 0 Å². The zero-order valence-corrected chi connectivity index (χ0v) is 19.9. The van der Waals surface area contributed by atoms with Crippen LogP contribution in [0, 0.1) is 11.3 Å². The highest BCUT2D eigenvalue weighted by atomic mass is 32.2. The lowest BCUT2D eigenvalue weighted by molar-refractivity contribution is -0.0566. The van der Waals surface area contributed by atoms with Crippen molar-refractivity contribution < 1.29 is 17.2 Å².